The van der Waals surface area contributed by atoms with Gasteiger partial charge in [0.15, 0.2) is 0 Å². The van der Waals surface area contributed by atoms with Gasteiger partial charge in [0.1, 0.15) is 5.82 Å². The van der Waals surface area contributed by atoms with Crippen LogP contribution in [0, 0.1) is 0 Å². The minimum atomic E-state index is 0.449. The molecule has 0 aliphatic carbocycles. The summed E-state index contributed by atoms with van der Waals surface area (Å²) in [5.74, 6) is 1.03. The average Bonchev–Trinajstić information content (AvgIpc) is 2.50. The number of rotatable bonds is 3. The normalized spacial score (nSPS) is 24.8. The molecule has 3 rings (SSSR count). The molecule has 1 atom stereocenters. The fraction of sp³-hybridized carbons (Fsp3) is 0.667. The maximum absolute atomic E-state index is 5.82. The third-order valence-electron chi connectivity index (χ3n) is 4.20. The first-order valence-corrected chi connectivity index (χ1v) is 7.62. The molecule has 1 aromatic heterocycles. The van der Waals surface area contributed by atoms with Crippen LogP contribution in [0.3, 0.4) is 0 Å². The minimum Gasteiger partial charge on any atom is -0.397 e. The largest absolute Gasteiger partial charge is 0.397 e. The van der Waals surface area contributed by atoms with Crippen molar-refractivity contribution in [2.45, 2.75) is 25.4 Å². The molecule has 0 bridgehead atoms. The summed E-state index contributed by atoms with van der Waals surface area (Å²) >= 11 is 0. The molecule has 5 heteroatoms. The van der Waals surface area contributed by atoms with Crippen LogP contribution in [0.5, 0.6) is 0 Å². The highest BCUT2D eigenvalue weighted by Crippen LogP contribution is 2.17. The van der Waals surface area contributed by atoms with E-state index in [1.165, 1.54) is 19.3 Å². The van der Waals surface area contributed by atoms with Crippen LogP contribution in [0.25, 0.3) is 0 Å². The highest BCUT2D eigenvalue weighted by molar-refractivity contribution is 5.46. The van der Waals surface area contributed by atoms with E-state index in [4.69, 9.17) is 10.5 Å². The Kier molecular flexibility index (Phi) is 4.38. The van der Waals surface area contributed by atoms with Gasteiger partial charge in [-0.3, -0.25) is 4.90 Å². The van der Waals surface area contributed by atoms with Crippen LogP contribution < -0.4 is 10.6 Å². The van der Waals surface area contributed by atoms with Crippen molar-refractivity contribution < 1.29 is 4.74 Å². The van der Waals surface area contributed by atoms with E-state index in [2.05, 4.69) is 14.8 Å². The van der Waals surface area contributed by atoms with E-state index in [1.54, 1.807) is 6.20 Å². The molecule has 0 amide bonds. The second-order valence-electron chi connectivity index (χ2n) is 5.73. The van der Waals surface area contributed by atoms with Crippen LogP contribution in [-0.4, -0.2) is 55.3 Å². The Morgan fingerprint density at radius 3 is 2.70 bits per heavy atom. The van der Waals surface area contributed by atoms with E-state index < -0.39 is 0 Å². The third-order valence-corrected chi connectivity index (χ3v) is 4.20. The van der Waals surface area contributed by atoms with Crippen molar-refractivity contribution >= 4 is 11.5 Å². The Morgan fingerprint density at radius 2 is 2.05 bits per heavy atom. The van der Waals surface area contributed by atoms with Gasteiger partial charge in [0.25, 0.3) is 0 Å². The average molecular weight is 276 g/mol. The SMILES string of the molecule is Nc1ccc(N2CCN(CC3CCCCO3)CC2)nc1. The highest BCUT2D eigenvalue weighted by Gasteiger charge is 2.22. The van der Waals surface area contributed by atoms with Crippen molar-refractivity contribution in [3.63, 3.8) is 0 Å². The monoisotopic (exact) mass is 276 g/mol. The summed E-state index contributed by atoms with van der Waals surface area (Å²) in [5.41, 5.74) is 6.40. The summed E-state index contributed by atoms with van der Waals surface area (Å²) in [6, 6.07) is 3.93. The second-order valence-corrected chi connectivity index (χ2v) is 5.73. The molecule has 5 nitrogen and oxygen atoms in total. The summed E-state index contributed by atoms with van der Waals surface area (Å²) in [7, 11) is 0. The van der Waals surface area contributed by atoms with Gasteiger partial charge in [-0.25, -0.2) is 4.98 Å². The molecule has 110 valence electrons. The van der Waals surface area contributed by atoms with E-state index in [9.17, 15) is 0 Å². The number of ether oxygens (including phenoxy) is 1. The number of piperazine rings is 1. The first-order chi connectivity index (χ1) is 9.81. The molecule has 2 aliphatic heterocycles. The van der Waals surface area contributed by atoms with Crippen LogP contribution in [0.1, 0.15) is 19.3 Å². The van der Waals surface area contributed by atoms with Crippen molar-refractivity contribution in [3.8, 4) is 0 Å². The highest BCUT2D eigenvalue weighted by atomic mass is 16.5. The van der Waals surface area contributed by atoms with Crippen molar-refractivity contribution in [2.75, 3.05) is 50.0 Å². The van der Waals surface area contributed by atoms with Gasteiger partial charge in [-0.2, -0.15) is 0 Å². The number of nitrogens with two attached hydrogens (primary N) is 1. The Balaban J connectivity index is 1.47. The van der Waals surface area contributed by atoms with Gasteiger partial charge in [-0.1, -0.05) is 0 Å². The maximum atomic E-state index is 5.82. The van der Waals surface area contributed by atoms with E-state index >= 15 is 0 Å². The Bertz CT molecular complexity index is 408. The predicted molar refractivity (Wildman–Crippen MR) is 80.9 cm³/mol. The van der Waals surface area contributed by atoms with Gasteiger partial charge in [-0.15, -0.1) is 0 Å². The summed E-state index contributed by atoms with van der Waals surface area (Å²) in [6.07, 6.45) is 5.95. The van der Waals surface area contributed by atoms with Crippen molar-refractivity contribution in [1.82, 2.24) is 9.88 Å². The lowest BCUT2D eigenvalue weighted by Gasteiger charge is -2.37. The van der Waals surface area contributed by atoms with Gasteiger partial charge in [0.05, 0.1) is 18.0 Å². The van der Waals surface area contributed by atoms with Crippen molar-refractivity contribution in [1.29, 1.82) is 0 Å². The number of aromatic nitrogens is 1. The smallest absolute Gasteiger partial charge is 0.128 e. The predicted octanol–water partition coefficient (Wildman–Crippen LogP) is 1.35. The zero-order valence-corrected chi connectivity index (χ0v) is 12.0. The van der Waals surface area contributed by atoms with Gasteiger partial charge in [0, 0.05) is 39.3 Å². The standard InChI is InChI=1S/C15H24N4O/c16-13-4-5-15(17-11-13)19-8-6-18(7-9-19)12-14-3-1-2-10-20-14/h4-5,11,14H,1-3,6-10,12,16H2. The van der Waals surface area contributed by atoms with Gasteiger partial charge < -0.3 is 15.4 Å². The van der Waals surface area contributed by atoms with E-state index in [-0.39, 0.29) is 0 Å². The molecule has 0 saturated carbocycles. The lowest BCUT2D eigenvalue weighted by molar-refractivity contribution is -0.00646. The van der Waals surface area contributed by atoms with E-state index in [0.29, 0.717) is 6.10 Å². The molecule has 2 fully saturated rings. The third kappa shape index (κ3) is 3.41. The zero-order chi connectivity index (χ0) is 13.8. The van der Waals surface area contributed by atoms with Crippen LogP contribution in [0.2, 0.25) is 0 Å². The Labute approximate surface area is 120 Å². The molecule has 1 unspecified atom stereocenters. The molecular weight excluding hydrogens is 252 g/mol. The lowest BCUT2D eigenvalue weighted by Crippen LogP contribution is -2.49. The molecular formula is C15H24N4O. The molecule has 0 radical (unpaired) electrons. The lowest BCUT2D eigenvalue weighted by atomic mass is 10.1. The number of hydrogen-bond acceptors (Lipinski definition) is 5. The minimum absolute atomic E-state index is 0.449. The molecule has 3 heterocycles. The maximum Gasteiger partial charge on any atom is 0.128 e. The molecule has 0 spiro atoms. The van der Waals surface area contributed by atoms with Crippen molar-refractivity contribution in [2.24, 2.45) is 0 Å². The quantitative estimate of drug-likeness (QED) is 0.903. The number of nitrogens with zero attached hydrogens (tertiary/aromatic N) is 3. The molecule has 0 aromatic carbocycles. The molecule has 1 aromatic rings. The van der Waals surface area contributed by atoms with Crippen LogP contribution in [-0.2, 0) is 4.74 Å². The van der Waals surface area contributed by atoms with Crippen molar-refractivity contribution in [3.05, 3.63) is 18.3 Å². The number of anilines is 2. The van der Waals surface area contributed by atoms with E-state index in [0.717, 1.165) is 50.8 Å². The molecule has 20 heavy (non-hydrogen) atoms. The Morgan fingerprint density at radius 1 is 1.20 bits per heavy atom. The number of nitrogen functional groups attached to an aromatic ring is 1. The number of hydrogen-bond donors (Lipinski definition) is 1. The summed E-state index contributed by atoms with van der Waals surface area (Å²) in [5, 5.41) is 0. The molecule has 2 aliphatic rings. The second kappa shape index (κ2) is 6.41. The van der Waals surface area contributed by atoms with Crippen LogP contribution >= 0.6 is 0 Å². The summed E-state index contributed by atoms with van der Waals surface area (Å²) in [6.45, 7) is 6.27. The number of pyridine rings is 1. The zero-order valence-electron chi connectivity index (χ0n) is 12.0. The molecule has 2 N–H and O–H groups in total. The molecule has 2 saturated heterocycles. The van der Waals surface area contributed by atoms with Gasteiger partial charge >= 0.3 is 0 Å². The topological polar surface area (TPSA) is 54.6 Å². The fourth-order valence-corrected chi connectivity index (χ4v) is 2.98. The fourth-order valence-electron chi connectivity index (χ4n) is 2.98. The summed E-state index contributed by atoms with van der Waals surface area (Å²) in [4.78, 5) is 9.25. The van der Waals surface area contributed by atoms with Crippen LogP contribution in [0.4, 0.5) is 11.5 Å². The summed E-state index contributed by atoms with van der Waals surface area (Å²) < 4.78 is 5.82. The van der Waals surface area contributed by atoms with E-state index in [1.807, 2.05) is 12.1 Å². The first kappa shape index (κ1) is 13.6. The first-order valence-electron chi connectivity index (χ1n) is 7.62. The van der Waals surface area contributed by atoms with Gasteiger partial charge in [-0.05, 0) is 31.4 Å². The Hall–Kier alpha value is -1.33. The van der Waals surface area contributed by atoms with Crippen LogP contribution in [0.15, 0.2) is 18.3 Å². The van der Waals surface area contributed by atoms with Gasteiger partial charge in [0.2, 0.25) is 0 Å².